The van der Waals surface area contributed by atoms with E-state index in [1.54, 1.807) is 38.4 Å². The lowest BCUT2D eigenvalue weighted by molar-refractivity contribution is 0.102. The third-order valence-electron chi connectivity index (χ3n) is 2.88. The number of rotatable bonds is 2. The highest BCUT2D eigenvalue weighted by Gasteiger charge is 2.14. The first kappa shape index (κ1) is 14.6. The molecule has 0 aliphatic carbocycles. The van der Waals surface area contributed by atoms with Crippen LogP contribution in [0.15, 0.2) is 35.3 Å². The standard InChI is InChI=1S/C14H12Cl2N2O2/c1-8-6-12(19)18(2)7-11(8)17-14(20)9-4-3-5-10(15)13(9)16/h3-7H,1-2H3,(H,17,20). The summed E-state index contributed by atoms with van der Waals surface area (Å²) in [5.41, 5.74) is 1.38. The van der Waals surface area contributed by atoms with E-state index in [9.17, 15) is 9.59 Å². The van der Waals surface area contributed by atoms with Gasteiger partial charge in [0.25, 0.3) is 11.5 Å². The smallest absolute Gasteiger partial charge is 0.257 e. The molecule has 20 heavy (non-hydrogen) atoms. The van der Waals surface area contributed by atoms with E-state index in [0.717, 1.165) is 0 Å². The second-order valence-corrected chi connectivity index (χ2v) is 5.16. The van der Waals surface area contributed by atoms with Crippen LogP contribution in [-0.2, 0) is 7.05 Å². The topological polar surface area (TPSA) is 51.1 Å². The third kappa shape index (κ3) is 2.86. The normalized spacial score (nSPS) is 10.4. The van der Waals surface area contributed by atoms with Gasteiger partial charge in [0.15, 0.2) is 0 Å². The molecule has 1 aromatic carbocycles. The molecule has 0 aliphatic rings. The van der Waals surface area contributed by atoms with Gasteiger partial charge in [-0.25, -0.2) is 0 Å². The molecule has 104 valence electrons. The van der Waals surface area contributed by atoms with Crippen LogP contribution in [0.25, 0.3) is 0 Å². The fraction of sp³-hybridized carbons (Fsp3) is 0.143. The highest BCUT2D eigenvalue weighted by atomic mass is 35.5. The fourth-order valence-corrected chi connectivity index (χ4v) is 2.11. The maximum absolute atomic E-state index is 12.2. The first-order valence-electron chi connectivity index (χ1n) is 5.83. The number of amides is 1. The van der Waals surface area contributed by atoms with Crippen LogP contribution in [0.3, 0.4) is 0 Å². The Morgan fingerprint density at radius 2 is 2.00 bits per heavy atom. The molecule has 2 aromatic rings. The molecule has 0 saturated carbocycles. The lowest BCUT2D eigenvalue weighted by Crippen LogP contribution is -2.19. The zero-order valence-electron chi connectivity index (χ0n) is 10.9. The molecule has 1 amide bonds. The second-order valence-electron chi connectivity index (χ2n) is 4.37. The van der Waals surface area contributed by atoms with Crippen molar-refractivity contribution in [3.63, 3.8) is 0 Å². The van der Waals surface area contributed by atoms with Crippen molar-refractivity contribution >= 4 is 34.8 Å². The van der Waals surface area contributed by atoms with Gasteiger partial charge in [0.05, 0.1) is 21.3 Å². The van der Waals surface area contributed by atoms with Gasteiger partial charge >= 0.3 is 0 Å². The highest BCUT2D eigenvalue weighted by Crippen LogP contribution is 2.26. The number of aromatic nitrogens is 1. The summed E-state index contributed by atoms with van der Waals surface area (Å²) >= 11 is 11.9. The molecule has 0 saturated heterocycles. The minimum absolute atomic E-state index is 0.138. The van der Waals surface area contributed by atoms with Gasteiger partial charge in [-0.05, 0) is 24.6 Å². The monoisotopic (exact) mass is 310 g/mol. The van der Waals surface area contributed by atoms with Crippen LogP contribution in [0.5, 0.6) is 0 Å². The van der Waals surface area contributed by atoms with E-state index in [-0.39, 0.29) is 22.1 Å². The molecule has 0 bridgehead atoms. The summed E-state index contributed by atoms with van der Waals surface area (Å²) in [4.78, 5) is 23.7. The predicted octanol–water partition coefficient (Wildman–Crippen LogP) is 3.25. The Balaban J connectivity index is 2.35. The predicted molar refractivity (Wildman–Crippen MR) is 80.8 cm³/mol. The van der Waals surface area contributed by atoms with Gasteiger partial charge in [-0.2, -0.15) is 0 Å². The molecule has 0 atom stereocenters. The molecule has 2 rings (SSSR count). The summed E-state index contributed by atoms with van der Waals surface area (Å²) in [5, 5.41) is 3.24. The molecule has 4 nitrogen and oxygen atoms in total. The number of carbonyl (C=O) groups is 1. The second kappa shape index (κ2) is 5.69. The average molecular weight is 311 g/mol. The van der Waals surface area contributed by atoms with Crippen LogP contribution in [0.1, 0.15) is 15.9 Å². The van der Waals surface area contributed by atoms with Crippen LogP contribution < -0.4 is 10.9 Å². The van der Waals surface area contributed by atoms with Crippen molar-refractivity contribution in [1.29, 1.82) is 0 Å². The molecular formula is C14H12Cl2N2O2. The Morgan fingerprint density at radius 1 is 1.30 bits per heavy atom. The minimum Gasteiger partial charge on any atom is -0.320 e. The Hall–Kier alpha value is -1.78. The van der Waals surface area contributed by atoms with E-state index in [4.69, 9.17) is 23.2 Å². The van der Waals surface area contributed by atoms with Gasteiger partial charge in [-0.1, -0.05) is 29.3 Å². The van der Waals surface area contributed by atoms with Crippen LogP contribution in [0.2, 0.25) is 10.0 Å². The molecule has 0 fully saturated rings. The first-order valence-corrected chi connectivity index (χ1v) is 6.58. The number of halogens is 2. The summed E-state index contributed by atoms with van der Waals surface area (Å²) in [6.07, 6.45) is 1.56. The number of nitrogens with one attached hydrogen (secondary N) is 1. The van der Waals surface area contributed by atoms with Crippen molar-refractivity contribution in [1.82, 2.24) is 4.57 Å². The van der Waals surface area contributed by atoms with Crippen LogP contribution in [0.4, 0.5) is 5.69 Å². The summed E-state index contributed by atoms with van der Waals surface area (Å²) < 4.78 is 1.39. The molecule has 1 aromatic heterocycles. The molecule has 0 unspecified atom stereocenters. The van der Waals surface area contributed by atoms with E-state index in [1.807, 2.05) is 0 Å². The molecule has 0 radical (unpaired) electrons. The molecular weight excluding hydrogens is 299 g/mol. The number of benzene rings is 1. The Bertz CT molecular complexity index is 738. The number of hydrogen-bond acceptors (Lipinski definition) is 2. The van der Waals surface area contributed by atoms with Gasteiger partial charge in [0.1, 0.15) is 0 Å². The Labute approximate surface area is 125 Å². The lowest BCUT2D eigenvalue weighted by atomic mass is 10.2. The van der Waals surface area contributed by atoms with Crippen LogP contribution in [-0.4, -0.2) is 10.5 Å². The molecule has 6 heteroatoms. The van der Waals surface area contributed by atoms with Crippen molar-refractivity contribution in [2.75, 3.05) is 5.32 Å². The zero-order chi connectivity index (χ0) is 14.9. The zero-order valence-corrected chi connectivity index (χ0v) is 12.4. The average Bonchev–Trinajstić information content (AvgIpc) is 2.39. The molecule has 1 N–H and O–H groups in total. The van der Waals surface area contributed by atoms with Gasteiger partial charge < -0.3 is 9.88 Å². The van der Waals surface area contributed by atoms with Crippen molar-refractivity contribution in [3.05, 3.63) is 62.0 Å². The van der Waals surface area contributed by atoms with E-state index in [2.05, 4.69) is 5.32 Å². The lowest BCUT2D eigenvalue weighted by Gasteiger charge is -2.11. The number of aryl methyl sites for hydroxylation is 2. The maximum Gasteiger partial charge on any atom is 0.257 e. The number of carbonyl (C=O) groups excluding carboxylic acids is 1. The fourth-order valence-electron chi connectivity index (χ4n) is 1.72. The summed E-state index contributed by atoms with van der Waals surface area (Å²) in [6.45, 7) is 1.75. The molecule has 1 heterocycles. The van der Waals surface area contributed by atoms with Crippen LogP contribution in [0, 0.1) is 6.92 Å². The van der Waals surface area contributed by atoms with Gasteiger partial charge in [-0.3, -0.25) is 9.59 Å². The van der Waals surface area contributed by atoms with Gasteiger partial charge in [0.2, 0.25) is 0 Å². The summed E-state index contributed by atoms with van der Waals surface area (Å²) in [6, 6.07) is 6.30. The number of nitrogens with zero attached hydrogens (tertiary/aromatic N) is 1. The van der Waals surface area contributed by atoms with E-state index < -0.39 is 0 Å². The first-order chi connectivity index (χ1) is 9.40. The largest absolute Gasteiger partial charge is 0.320 e. The van der Waals surface area contributed by atoms with Gasteiger partial charge in [0, 0.05) is 19.3 Å². The molecule has 0 aliphatic heterocycles. The highest BCUT2D eigenvalue weighted by molar-refractivity contribution is 6.44. The summed E-state index contributed by atoms with van der Waals surface area (Å²) in [7, 11) is 1.61. The third-order valence-corrected chi connectivity index (χ3v) is 3.70. The maximum atomic E-state index is 12.2. The van der Waals surface area contributed by atoms with Crippen molar-refractivity contribution in [3.8, 4) is 0 Å². The quantitative estimate of drug-likeness (QED) is 0.925. The van der Waals surface area contributed by atoms with Gasteiger partial charge in [-0.15, -0.1) is 0 Å². The number of hydrogen-bond donors (Lipinski definition) is 1. The van der Waals surface area contributed by atoms with E-state index in [0.29, 0.717) is 16.3 Å². The Kier molecular flexibility index (Phi) is 4.16. The van der Waals surface area contributed by atoms with Crippen molar-refractivity contribution in [2.24, 2.45) is 7.05 Å². The minimum atomic E-state index is -0.376. The van der Waals surface area contributed by atoms with Crippen LogP contribution >= 0.6 is 23.2 Å². The van der Waals surface area contributed by atoms with E-state index in [1.165, 1.54) is 10.6 Å². The molecule has 0 spiro atoms. The van der Waals surface area contributed by atoms with Crippen molar-refractivity contribution < 1.29 is 4.79 Å². The SMILES string of the molecule is Cc1cc(=O)n(C)cc1NC(=O)c1cccc(Cl)c1Cl. The van der Waals surface area contributed by atoms with Crippen molar-refractivity contribution in [2.45, 2.75) is 6.92 Å². The number of anilines is 1. The summed E-state index contributed by atoms with van der Waals surface area (Å²) in [5.74, 6) is -0.376. The number of pyridine rings is 1. The van der Waals surface area contributed by atoms with E-state index >= 15 is 0 Å². The Morgan fingerprint density at radius 3 is 2.70 bits per heavy atom.